The number of aromatic nitrogens is 2. The van der Waals surface area contributed by atoms with E-state index in [1.165, 1.54) is 21.4 Å². The first-order chi connectivity index (χ1) is 9.45. The average molecular weight is 301 g/mol. The van der Waals surface area contributed by atoms with Crippen molar-refractivity contribution in [1.29, 1.82) is 0 Å². The summed E-state index contributed by atoms with van der Waals surface area (Å²) in [6.07, 6.45) is 5.20. The van der Waals surface area contributed by atoms with Gasteiger partial charge in [-0.15, -0.1) is 0 Å². The molecular formula is C12H19N3O4S. The van der Waals surface area contributed by atoms with Crippen molar-refractivity contribution in [2.24, 2.45) is 0 Å². The molecule has 1 aromatic heterocycles. The van der Waals surface area contributed by atoms with Crippen molar-refractivity contribution >= 4 is 16.0 Å². The van der Waals surface area contributed by atoms with Crippen molar-refractivity contribution < 1.29 is 18.3 Å². The fraction of sp³-hybridized carbons (Fsp3) is 0.667. The number of nitrogens with zero attached hydrogens (tertiary/aromatic N) is 3. The maximum absolute atomic E-state index is 12.5. The summed E-state index contributed by atoms with van der Waals surface area (Å²) in [5.74, 6) is -0.935. The first-order valence-electron chi connectivity index (χ1n) is 6.71. The van der Waals surface area contributed by atoms with Gasteiger partial charge in [-0.05, 0) is 19.3 Å². The van der Waals surface area contributed by atoms with Gasteiger partial charge < -0.3 is 5.11 Å². The second-order valence-corrected chi connectivity index (χ2v) is 6.82. The van der Waals surface area contributed by atoms with E-state index in [2.05, 4.69) is 5.10 Å². The zero-order chi connectivity index (χ0) is 14.8. The minimum absolute atomic E-state index is 0.0809. The average Bonchev–Trinajstić information content (AvgIpc) is 3.09. The Morgan fingerprint density at radius 2 is 2.25 bits per heavy atom. The van der Waals surface area contributed by atoms with Gasteiger partial charge in [0.1, 0.15) is 4.90 Å². The number of aryl methyl sites for hydroxylation is 1. The summed E-state index contributed by atoms with van der Waals surface area (Å²) in [5.41, 5.74) is 0. The van der Waals surface area contributed by atoms with E-state index >= 15 is 0 Å². The van der Waals surface area contributed by atoms with Gasteiger partial charge in [-0.25, -0.2) is 8.42 Å². The van der Waals surface area contributed by atoms with Gasteiger partial charge in [0.05, 0.1) is 19.2 Å². The lowest BCUT2D eigenvalue weighted by molar-refractivity contribution is -0.137. The van der Waals surface area contributed by atoms with Crippen LogP contribution in [0.5, 0.6) is 0 Å². The maximum atomic E-state index is 12.5. The number of hydrogen-bond acceptors (Lipinski definition) is 4. The Hall–Kier alpha value is -1.41. The van der Waals surface area contributed by atoms with Crippen molar-refractivity contribution in [1.82, 2.24) is 14.1 Å². The van der Waals surface area contributed by atoms with E-state index in [0.29, 0.717) is 6.54 Å². The third-order valence-electron chi connectivity index (χ3n) is 3.17. The molecule has 0 saturated heterocycles. The maximum Gasteiger partial charge on any atom is 0.305 e. The van der Waals surface area contributed by atoms with Crippen LogP contribution in [-0.4, -0.2) is 46.2 Å². The second kappa shape index (κ2) is 5.92. The van der Waals surface area contributed by atoms with Crippen LogP contribution in [0.25, 0.3) is 0 Å². The quantitative estimate of drug-likeness (QED) is 0.771. The molecule has 1 aliphatic rings. The lowest BCUT2D eigenvalue weighted by atomic mass is 10.4. The molecule has 112 valence electrons. The molecule has 8 heteroatoms. The number of sulfonamides is 1. The number of rotatable bonds is 8. The van der Waals surface area contributed by atoms with E-state index in [4.69, 9.17) is 5.11 Å². The zero-order valence-corrected chi connectivity index (χ0v) is 12.2. The van der Waals surface area contributed by atoms with E-state index in [1.54, 1.807) is 0 Å². The predicted octanol–water partition coefficient (Wildman–Crippen LogP) is 0.921. The van der Waals surface area contributed by atoms with Gasteiger partial charge in [0.25, 0.3) is 0 Å². The highest BCUT2D eigenvalue weighted by molar-refractivity contribution is 7.89. The summed E-state index contributed by atoms with van der Waals surface area (Å²) in [6.45, 7) is 2.62. The standard InChI is InChI=1S/C12H19N3O4S/c1-2-6-15(10-3-4-10)20(18,19)11-8-13-14(9-11)7-5-12(16)17/h8-10H,2-7H2,1H3,(H,16,17). The van der Waals surface area contributed by atoms with Crippen LogP contribution in [0, 0.1) is 0 Å². The third-order valence-corrected chi connectivity index (χ3v) is 5.07. The summed E-state index contributed by atoms with van der Waals surface area (Å²) < 4.78 is 27.9. The van der Waals surface area contributed by atoms with Gasteiger partial charge in [-0.3, -0.25) is 9.48 Å². The fourth-order valence-corrected chi connectivity index (χ4v) is 3.76. The lowest BCUT2D eigenvalue weighted by Gasteiger charge is -2.19. The van der Waals surface area contributed by atoms with Crippen LogP contribution in [0.1, 0.15) is 32.6 Å². The van der Waals surface area contributed by atoms with Gasteiger partial charge in [0, 0.05) is 18.8 Å². The molecule has 0 aliphatic heterocycles. The molecule has 2 rings (SSSR count). The molecule has 20 heavy (non-hydrogen) atoms. The summed E-state index contributed by atoms with van der Waals surface area (Å²) in [5, 5.41) is 12.5. The minimum atomic E-state index is -3.52. The SMILES string of the molecule is CCCN(C1CC1)S(=O)(=O)c1cnn(CCC(=O)O)c1. The first kappa shape index (κ1) is 15.0. The molecule has 0 radical (unpaired) electrons. The van der Waals surface area contributed by atoms with Crippen LogP contribution in [0.15, 0.2) is 17.3 Å². The smallest absolute Gasteiger partial charge is 0.305 e. The molecule has 0 aromatic carbocycles. The number of carboxylic acid groups (broad SMARTS) is 1. The Labute approximate surface area is 118 Å². The summed E-state index contributed by atoms with van der Waals surface area (Å²) >= 11 is 0. The van der Waals surface area contributed by atoms with Gasteiger partial charge in [-0.1, -0.05) is 6.92 Å². The largest absolute Gasteiger partial charge is 0.481 e. The first-order valence-corrected chi connectivity index (χ1v) is 8.15. The number of hydrogen-bond donors (Lipinski definition) is 1. The summed E-state index contributed by atoms with van der Waals surface area (Å²) in [6, 6.07) is 0.113. The molecule has 0 unspecified atom stereocenters. The Balaban J connectivity index is 2.14. The number of carbonyl (C=O) groups is 1. The van der Waals surface area contributed by atoms with Gasteiger partial charge in [-0.2, -0.15) is 9.40 Å². The normalized spacial score (nSPS) is 15.7. The molecule has 0 spiro atoms. The van der Waals surface area contributed by atoms with Gasteiger partial charge >= 0.3 is 5.97 Å². The molecule has 1 saturated carbocycles. The highest BCUT2D eigenvalue weighted by Gasteiger charge is 2.37. The Morgan fingerprint density at radius 3 is 2.80 bits per heavy atom. The van der Waals surface area contributed by atoms with Crippen molar-refractivity contribution in [2.45, 2.75) is 50.1 Å². The number of aliphatic carboxylic acids is 1. The molecule has 1 aliphatic carbocycles. The van der Waals surface area contributed by atoms with Crippen molar-refractivity contribution in [3.63, 3.8) is 0 Å². The zero-order valence-electron chi connectivity index (χ0n) is 11.4. The van der Waals surface area contributed by atoms with Crippen LogP contribution >= 0.6 is 0 Å². The molecule has 7 nitrogen and oxygen atoms in total. The van der Waals surface area contributed by atoms with Gasteiger partial charge in [0.2, 0.25) is 10.0 Å². The molecular weight excluding hydrogens is 282 g/mol. The fourth-order valence-electron chi connectivity index (χ4n) is 2.03. The van der Waals surface area contributed by atoms with Crippen LogP contribution in [0.4, 0.5) is 0 Å². The lowest BCUT2D eigenvalue weighted by Crippen LogP contribution is -2.33. The third kappa shape index (κ3) is 3.37. The molecule has 1 N–H and O–H groups in total. The molecule has 0 amide bonds. The Bertz CT molecular complexity index is 577. The van der Waals surface area contributed by atoms with Crippen molar-refractivity contribution in [3.8, 4) is 0 Å². The van der Waals surface area contributed by atoms with E-state index in [9.17, 15) is 13.2 Å². The second-order valence-electron chi connectivity index (χ2n) is 4.93. The minimum Gasteiger partial charge on any atom is -0.481 e. The summed E-state index contributed by atoms with van der Waals surface area (Å²) in [4.78, 5) is 10.6. The van der Waals surface area contributed by atoms with Crippen LogP contribution in [0.2, 0.25) is 0 Å². The monoisotopic (exact) mass is 301 g/mol. The highest BCUT2D eigenvalue weighted by atomic mass is 32.2. The van der Waals surface area contributed by atoms with Crippen LogP contribution in [-0.2, 0) is 21.4 Å². The highest BCUT2D eigenvalue weighted by Crippen LogP contribution is 2.31. The van der Waals surface area contributed by atoms with Crippen LogP contribution in [0.3, 0.4) is 0 Å². The van der Waals surface area contributed by atoms with E-state index in [0.717, 1.165) is 19.3 Å². The topological polar surface area (TPSA) is 92.5 Å². The van der Waals surface area contributed by atoms with E-state index in [-0.39, 0.29) is 23.9 Å². The number of carboxylic acids is 1. The molecule has 1 heterocycles. The van der Waals surface area contributed by atoms with E-state index in [1.807, 2.05) is 6.92 Å². The molecule has 0 bridgehead atoms. The Morgan fingerprint density at radius 1 is 1.55 bits per heavy atom. The van der Waals surface area contributed by atoms with E-state index < -0.39 is 16.0 Å². The van der Waals surface area contributed by atoms with Crippen molar-refractivity contribution in [3.05, 3.63) is 12.4 Å². The predicted molar refractivity (Wildman–Crippen MR) is 71.7 cm³/mol. The molecule has 1 aromatic rings. The Kier molecular flexibility index (Phi) is 4.44. The van der Waals surface area contributed by atoms with Crippen molar-refractivity contribution in [2.75, 3.05) is 6.54 Å². The molecule has 1 fully saturated rings. The van der Waals surface area contributed by atoms with Gasteiger partial charge in [0.15, 0.2) is 0 Å². The molecule has 0 atom stereocenters. The van der Waals surface area contributed by atoms with Crippen LogP contribution < -0.4 is 0 Å². The summed E-state index contributed by atoms with van der Waals surface area (Å²) in [7, 11) is -3.52.